The molecule has 29 heavy (non-hydrogen) atoms. The molecular formula is C21H30N2O5Si. The number of benzene rings is 1. The summed E-state index contributed by atoms with van der Waals surface area (Å²) in [5.41, 5.74) is 1.48. The number of hydrogen-bond donors (Lipinski definition) is 1. The topological polar surface area (TPSA) is 90.5 Å². The van der Waals surface area contributed by atoms with Crippen molar-refractivity contribution in [2.45, 2.75) is 64.4 Å². The summed E-state index contributed by atoms with van der Waals surface area (Å²) in [5, 5.41) is 2.89. The molecule has 0 unspecified atom stereocenters. The Morgan fingerprint density at radius 3 is 2.55 bits per heavy atom. The van der Waals surface area contributed by atoms with E-state index in [0.717, 1.165) is 0 Å². The van der Waals surface area contributed by atoms with Crippen molar-refractivity contribution >= 4 is 31.1 Å². The molecule has 1 amide bonds. The standard InChI is InChI=1S/C21H30N2O5Si/c1-12(28-29(6,7)21(2,3)4)18-14(22-19(18)25)11-16(24)13-8-9-15-17(10-13)27-20(26)23(15)5/h8-10,12,14,18H,11H2,1-7H3,(H,22,25)/t12-,14-,18-/m1/s1. The van der Waals surface area contributed by atoms with Gasteiger partial charge in [-0.2, -0.15) is 0 Å². The molecule has 158 valence electrons. The number of carbonyl (C=O) groups excluding carboxylic acids is 2. The molecule has 0 radical (unpaired) electrons. The third-order valence-electron chi connectivity index (χ3n) is 6.38. The average Bonchev–Trinajstić information content (AvgIpc) is 2.86. The number of aryl methyl sites for hydroxylation is 1. The van der Waals surface area contributed by atoms with Crippen LogP contribution < -0.4 is 11.1 Å². The zero-order valence-corrected chi connectivity index (χ0v) is 19.2. The quantitative estimate of drug-likeness (QED) is 0.442. The highest BCUT2D eigenvalue weighted by molar-refractivity contribution is 6.74. The van der Waals surface area contributed by atoms with Gasteiger partial charge in [0.25, 0.3) is 0 Å². The summed E-state index contributed by atoms with van der Waals surface area (Å²) in [6.45, 7) is 12.7. The van der Waals surface area contributed by atoms with E-state index in [0.29, 0.717) is 16.7 Å². The molecule has 1 aromatic carbocycles. The number of nitrogens with zero attached hydrogens (tertiary/aromatic N) is 1. The number of aromatic nitrogens is 1. The Labute approximate surface area is 171 Å². The summed E-state index contributed by atoms with van der Waals surface area (Å²) in [4.78, 5) is 36.6. The highest BCUT2D eigenvalue weighted by Gasteiger charge is 2.47. The van der Waals surface area contributed by atoms with Gasteiger partial charge in [0.2, 0.25) is 5.91 Å². The lowest BCUT2D eigenvalue weighted by Crippen LogP contribution is -2.64. The minimum absolute atomic E-state index is 0.0435. The molecule has 2 aromatic rings. The molecule has 0 aliphatic carbocycles. The second kappa shape index (κ2) is 7.25. The van der Waals surface area contributed by atoms with E-state index in [-0.39, 0.29) is 41.2 Å². The molecule has 1 aromatic heterocycles. The Morgan fingerprint density at radius 1 is 1.31 bits per heavy atom. The zero-order chi connectivity index (χ0) is 21.7. The second-order valence-electron chi connectivity index (χ2n) is 9.46. The number of amides is 1. The lowest BCUT2D eigenvalue weighted by atomic mass is 9.82. The van der Waals surface area contributed by atoms with Gasteiger partial charge in [-0.05, 0) is 43.3 Å². The Hall–Kier alpha value is -2.19. The fourth-order valence-electron chi connectivity index (χ4n) is 3.51. The second-order valence-corrected chi connectivity index (χ2v) is 14.2. The van der Waals surface area contributed by atoms with Crippen molar-refractivity contribution in [1.82, 2.24) is 9.88 Å². The van der Waals surface area contributed by atoms with Crippen molar-refractivity contribution in [2.24, 2.45) is 13.0 Å². The van der Waals surface area contributed by atoms with Gasteiger partial charge in [-0.25, -0.2) is 4.79 Å². The summed E-state index contributed by atoms with van der Waals surface area (Å²) in [6, 6.07) is 4.72. The Balaban J connectivity index is 1.72. The molecule has 3 atom stereocenters. The van der Waals surface area contributed by atoms with Crippen molar-refractivity contribution in [3.8, 4) is 0 Å². The number of oxazole rings is 1. The van der Waals surface area contributed by atoms with E-state index in [1.807, 2.05) is 6.92 Å². The molecular weight excluding hydrogens is 388 g/mol. The van der Waals surface area contributed by atoms with Crippen LogP contribution in [0.4, 0.5) is 0 Å². The van der Waals surface area contributed by atoms with E-state index >= 15 is 0 Å². The van der Waals surface area contributed by atoms with Crippen LogP contribution in [0.5, 0.6) is 0 Å². The van der Waals surface area contributed by atoms with Crippen LogP contribution >= 0.6 is 0 Å². The summed E-state index contributed by atoms with van der Waals surface area (Å²) >= 11 is 0. The van der Waals surface area contributed by atoms with E-state index in [9.17, 15) is 14.4 Å². The summed E-state index contributed by atoms with van der Waals surface area (Å²) < 4.78 is 12.9. The Kier molecular flexibility index (Phi) is 5.38. The molecule has 7 nitrogen and oxygen atoms in total. The zero-order valence-electron chi connectivity index (χ0n) is 18.2. The summed E-state index contributed by atoms with van der Waals surface area (Å²) in [6.07, 6.45) is -0.0680. The number of hydrogen-bond acceptors (Lipinski definition) is 5. The van der Waals surface area contributed by atoms with Crippen LogP contribution in [0.2, 0.25) is 18.1 Å². The Morgan fingerprint density at radius 2 is 1.97 bits per heavy atom. The highest BCUT2D eigenvalue weighted by atomic mass is 28.4. The third kappa shape index (κ3) is 3.96. The summed E-state index contributed by atoms with van der Waals surface area (Å²) in [7, 11) is -0.400. The van der Waals surface area contributed by atoms with Gasteiger partial charge in [0.15, 0.2) is 19.7 Å². The largest absolute Gasteiger partial charge is 0.419 e. The Bertz CT molecular complexity index is 1010. The molecule has 1 aliphatic heterocycles. The average molecular weight is 419 g/mol. The summed E-state index contributed by atoms with van der Waals surface area (Å²) in [5.74, 6) is -0.981. The van der Waals surface area contributed by atoms with Crippen LogP contribution in [-0.2, 0) is 16.3 Å². The van der Waals surface area contributed by atoms with Crippen LogP contribution in [0, 0.1) is 5.92 Å². The van der Waals surface area contributed by atoms with E-state index in [2.05, 4.69) is 39.2 Å². The number of fused-ring (bicyclic) bond motifs is 1. The predicted molar refractivity (Wildman–Crippen MR) is 114 cm³/mol. The smallest absolute Gasteiger partial charge is 0.413 e. The van der Waals surface area contributed by atoms with E-state index in [4.69, 9.17) is 8.84 Å². The maximum atomic E-state index is 12.8. The first-order chi connectivity index (χ1) is 13.3. The van der Waals surface area contributed by atoms with Gasteiger partial charge in [-0.3, -0.25) is 14.2 Å². The predicted octanol–water partition coefficient (Wildman–Crippen LogP) is 3.23. The lowest BCUT2D eigenvalue weighted by molar-refractivity contribution is -0.139. The first kappa shape index (κ1) is 21.5. The van der Waals surface area contributed by atoms with Crippen molar-refractivity contribution < 1.29 is 18.4 Å². The van der Waals surface area contributed by atoms with Crippen LogP contribution in [0.3, 0.4) is 0 Å². The van der Waals surface area contributed by atoms with Gasteiger partial charge in [0.1, 0.15) is 0 Å². The third-order valence-corrected chi connectivity index (χ3v) is 10.9. The molecule has 1 aliphatic rings. The minimum Gasteiger partial charge on any atom is -0.413 e. The number of rotatable bonds is 6. The molecule has 2 heterocycles. The molecule has 1 N–H and O–H groups in total. The van der Waals surface area contributed by atoms with Gasteiger partial charge < -0.3 is 14.2 Å². The fraction of sp³-hybridized carbons (Fsp3) is 0.571. The monoisotopic (exact) mass is 418 g/mol. The molecule has 3 rings (SSSR count). The maximum Gasteiger partial charge on any atom is 0.419 e. The maximum absolute atomic E-state index is 12.8. The van der Waals surface area contributed by atoms with Crippen LogP contribution in [-0.4, -0.2) is 36.7 Å². The molecule has 0 spiro atoms. The van der Waals surface area contributed by atoms with Gasteiger partial charge in [0, 0.05) is 19.0 Å². The van der Waals surface area contributed by atoms with E-state index in [1.165, 1.54) is 4.57 Å². The molecule has 1 fully saturated rings. The minimum atomic E-state index is -2.02. The van der Waals surface area contributed by atoms with Crippen molar-refractivity contribution in [1.29, 1.82) is 0 Å². The lowest BCUT2D eigenvalue weighted by Gasteiger charge is -2.45. The van der Waals surface area contributed by atoms with E-state index < -0.39 is 14.1 Å². The van der Waals surface area contributed by atoms with Crippen molar-refractivity contribution in [3.05, 3.63) is 34.3 Å². The first-order valence-corrected chi connectivity index (χ1v) is 12.8. The van der Waals surface area contributed by atoms with Crippen molar-refractivity contribution in [3.63, 3.8) is 0 Å². The van der Waals surface area contributed by atoms with E-state index in [1.54, 1.807) is 25.2 Å². The number of ketones is 1. The SMILES string of the molecule is C[C@@H](O[Si](C)(C)C(C)(C)C)[C@H]1C(=O)N[C@@H]1CC(=O)c1ccc2c(c1)oc(=O)n2C. The normalized spacial score (nSPS) is 21.0. The number of Topliss-reactive ketones (excluding diaryl/α,β-unsaturated/α-hetero) is 1. The molecule has 1 saturated heterocycles. The highest BCUT2D eigenvalue weighted by Crippen LogP contribution is 2.39. The van der Waals surface area contributed by atoms with Gasteiger partial charge in [-0.1, -0.05) is 20.8 Å². The van der Waals surface area contributed by atoms with Gasteiger partial charge in [0.05, 0.1) is 23.6 Å². The van der Waals surface area contributed by atoms with Crippen LogP contribution in [0.15, 0.2) is 27.4 Å². The molecule has 8 heteroatoms. The number of carbonyl (C=O) groups is 2. The van der Waals surface area contributed by atoms with Gasteiger partial charge in [-0.15, -0.1) is 0 Å². The molecule has 0 bridgehead atoms. The van der Waals surface area contributed by atoms with Crippen molar-refractivity contribution in [2.75, 3.05) is 0 Å². The van der Waals surface area contributed by atoms with Crippen LogP contribution in [0.1, 0.15) is 44.5 Å². The fourth-order valence-corrected chi connectivity index (χ4v) is 4.94. The first-order valence-electron chi connectivity index (χ1n) is 9.93. The van der Waals surface area contributed by atoms with Gasteiger partial charge >= 0.3 is 5.76 Å². The number of β-lactam (4-membered cyclic amide) rings is 1. The molecule has 0 saturated carbocycles. The number of nitrogens with one attached hydrogen (secondary N) is 1. The van der Waals surface area contributed by atoms with Crippen LogP contribution in [0.25, 0.3) is 11.1 Å².